The summed E-state index contributed by atoms with van der Waals surface area (Å²) in [4.78, 5) is 0. The second kappa shape index (κ2) is 10.4. The van der Waals surface area contributed by atoms with Crippen molar-refractivity contribution in [3.05, 3.63) is 169 Å². The second-order valence-electron chi connectivity index (χ2n) is 10.1. The van der Waals surface area contributed by atoms with Gasteiger partial charge in [0.2, 0.25) is 0 Å². The molecule has 45 heavy (non-hydrogen) atoms. The van der Waals surface area contributed by atoms with Crippen LogP contribution in [0.25, 0.3) is 88.0 Å². The lowest BCUT2D eigenvalue weighted by Crippen LogP contribution is -1.91. The predicted octanol–water partition coefficient (Wildman–Crippen LogP) is 12.6. The van der Waals surface area contributed by atoms with Gasteiger partial charge in [0.15, 0.2) is 0 Å². The average Bonchev–Trinajstić information content (AvgIpc) is 3.67. The van der Waals surface area contributed by atoms with Crippen molar-refractivity contribution in [1.82, 2.24) is 0 Å². The summed E-state index contributed by atoms with van der Waals surface area (Å²) in [5.74, 6) is -0.444. The summed E-state index contributed by atoms with van der Waals surface area (Å²) in [6.45, 7) is 0. The fraction of sp³-hybridized carbons (Fsp3) is 0. The first-order valence-corrected chi connectivity index (χ1v) is 13.8. The number of benzene rings is 8. The highest BCUT2D eigenvalue weighted by Crippen LogP contribution is 2.50. The molecule has 1 nitrogen and oxygen atoms in total. The molecule has 0 unspecified atom stereocenters. The van der Waals surface area contributed by atoms with E-state index in [1.54, 1.807) is 36.4 Å². The smallest absolute Gasteiger partial charge is 0.143 e. The fourth-order valence-corrected chi connectivity index (χ4v) is 5.73. The standard InChI is InChI=1S/C44H28O/c1-3-13-29(14-4-1)33-25-26-39-40(28-33)45-44(34-24-23-30-15-7-8-18-32(30)27-34)43(39)42-37-21-11-9-19-35(37)41(31-16-5-2-6-17-31)36-20-10-12-22-38(36)42/h1-28H/i2D,5D,6D,7D,8D,9D,10D,11D,12D,15D,16D,17D,18D,19D,20D,21D,22D,23D,24D,27D. The van der Waals surface area contributed by atoms with Gasteiger partial charge in [0, 0.05) is 22.1 Å². The molecule has 9 rings (SSSR count). The van der Waals surface area contributed by atoms with E-state index in [1.807, 2.05) is 12.1 Å². The van der Waals surface area contributed by atoms with E-state index in [1.165, 1.54) is 0 Å². The van der Waals surface area contributed by atoms with E-state index in [0.29, 0.717) is 11.1 Å². The molecular formula is C44H28O. The Morgan fingerprint density at radius 2 is 1.02 bits per heavy atom. The zero-order valence-corrected chi connectivity index (χ0v) is 23.0. The third kappa shape index (κ3) is 4.17. The molecule has 1 heterocycles. The predicted molar refractivity (Wildman–Crippen MR) is 190 cm³/mol. The molecule has 0 aliphatic carbocycles. The summed E-state index contributed by atoms with van der Waals surface area (Å²) in [7, 11) is 0. The number of hydrogen-bond acceptors (Lipinski definition) is 1. The Balaban J connectivity index is 1.63. The number of hydrogen-bond donors (Lipinski definition) is 0. The van der Waals surface area contributed by atoms with Gasteiger partial charge in [-0.25, -0.2) is 0 Å². The number of rotatable bonds is 4. The van der Waals surface area contributed by atoms with Crippen molar-refractivity contribution in [3.8, 4) is 44.7 Å². The van der Waals surface area contributed by atoms with Crippen LogP contribution in [-0.4, -0.2) is 0 Å². The molecular weight excluding hydrogens is 544 g/mol. The van der Waals surface area contributed by atoms with Crippen LogP contribution < -0.4 is 0 Å². The molecule has 0 aliphatic rings. The first kappa shape index (κ1) is 12.6. The quantitative estimate of drug-likeness (QED) is 0.185. The van der Waals surface area contributed by atoms with Crippen molar-refractivity contribution < 1.29 is 31.8 Å². The van der Waals surface area contributed by atoms with E-state index < -0.39 is 176 Å². The lowest BCUT2D eigenvalue weighted by molar-refractivity contribution is 0.633. The molecule has 0 fully saturated rings. The summed E-state index contributed by atoms with van der Waals surface area (Å²) >= 11 is 0. The lowest BCUT2D eigenvalue weighted by Gasteiger charge is -2.18. The van der Waals surface area contributed by atoms with Gasteiger partial charge in [-0.1, -0.05) is 151 Å². The molecule has 9 aromatic rings. The number of furan rings is 1. The van der Waals surface area contributed by atoms with Gasteiger partial charge in [-0.2, -0.15) is 0 Å². The number of fused-ring (bicyclic) bond motifs is 4. The SMILES string of the molecule is [2H]c1c([2H])c([2H])c(-c2c3c([2H])c([2H])c([2H])c([2H])c3c(-c3c(-c4c([2H])c([2H])c5c([2H])c([2H])c([2H])c([2H])c5c4[2H])oc4cc(-c5ccccc5)ccc34)c3c([2H])c([2H])c([2H])c([2H])c23)c([2H])c1[2H]. The topological polar surface area (TPSA) is 13.1 Å². The van der Waals surface area contributed by atoms with Gasteiger partial charge in [0.25, 0.3) is 0 Å². The van der Waals surface area contributed by atoms with E-state index in [2.05, 4.69) is 0 Å². The summed E-state index contributed by atoms with van der Waals surface area (Å²) in [5, 5.41) is -2.70. The van der Waals surface area contributed by atoms with Crippen LogP contribution in [0.3, 0.4) is 0 Å². The van der Waals surface area contributed by atoms with Gasteiger partial charge in [-0.15, -0.1) is 0 Å². The van der Waals surface area contributed by atoms with Gasteiger partial charge >= 0.3 is 0 Å². The molecule has 0 amide bonds. The second-order valence-corrected chi connectivity index (χ2v) is 10.1. The summed E-state index contributed by atoms with van der Waals surface area (Å²) in [6.07, 6.45) is 0. The Bertz CT molecular complexity index is 3540. The van der Waals surface area contributed by atoms with E-state index in [9.17, 15) is 8.22 Å². The highest BCUT2D eigenvalue weighted by atomic mass is 16.3. The van der Waals surface area contributed by atoms with Crippen LogP contribution in [0.4, 0.5) is 0 Å². The van der Waals surface area contributed by atoms with Crippen LogP contribution in [0.2, 0.25) is 0 Å². The van der Waals surface area contributed by atoms with Crippen LogP contribution >= 0.6 is 0 Å². The normalized spacial score (nSPS) is 17.8. The third-order valence-electron chi connectivity index (χ3n) is 7.65. The van der Waals surface area contributed by atoms with Crippen LogP contribution in [0.5, 0.6) is 0 Å². The molecule has 0 radical (unpaired) electrons. The molecule has 0 saturated heterocycles. The zero-order valence-electron chi connectivity index (χ0n) is 43.0. The molecule has 1 heteroatoms. The maximum absolute atomic E-state index is 9.54. The Morgan fingerprint density at radius 3 is 1.73 bits per heavy atom. The first-order valence-electron chi connectivity index (χ1n) is 23.8. The van der Waals surface area contributed by atoms with Gasteiger partial charge in [0.05, 0.1) is 27.4 Å². The van der Waals surface area contributed by atoms with Crippen LogP contribution in [0, 0.1) is 0 Å². The first-order chi connectivity index (χ1) is 30.6. The minimum Gasteiger partial charge on any atom is -0.455 e. The molecule has 0 spiro atoms. The largest absolute Gasteiger partial charge is 0.455 e. The highest BCUT2D eigenvalue weighted by Gasteiger charge is 2.24. The molecule has 8 aromatic carbocycles. The van der Waals surface area contributed by atoms with E-state index in [0.717, 1.165) is 0 Å². The van der Waals surface area contributed by atoms with Crippen LogP contribution in [-0.2, 0) is 0 Å². The molecule has 0 bridgehead atoms. The van der Waals surface area contributed by atoms with Crippen molar-refractivity contribution in [1.29, 1.82) is 0 Å². The summed E-state index contributed by atoms with van der Waals surface area (Å²) in [5.41, 5.74) is -0.882. The van der Waals surface area contributed by atoms with Crippen molar-refractivity contribution in [2.24, 2.45) is 0 Å². The van der Waals surface area contributed by atoms with Gasteiger partial charge in [0.1, 0.15) is 11.3 Å². The fourth-order valence-electron chi connectivity index (χ4n) is 5.73. The van der Waals surface area contributed by atoms with E-state index >= 15 is 0 Å². The van der Waals surface area contributed by atoms with E-state index in [4.69, 9.17) is 23.6 Å². The highest BCUT2D eigenvalue weighted by molar-refractivity contribution is 6.25. The lowest BCUT2D eigenvalue weighted by atomic mass is 9.84. The van der Waals surface area contributed by atoms with Crippen molar-refractivity contribution in [3.63, 3.8) is 0 Å². The minimum absolute atomic E-state index is 0.0226. The Labute approximate surface area is 289 Å². The van der Waals surface area contributed by atoms with Crippen LogP contribution in [0.1, 0.15) is 27.4 Å². The monoisotopic (exact) mass is 592 g/mol. The minimum atomic E-state index is -0.838. The molecule has 0 N–H and O–H groups in total. The van der Waals surface area contributed by atoms with Gasteiger partial charge < -0.3 is 4.42 Å². The molecule has 210 valence electrons. The van der Waals surface area contributed by atoms with Gasteiger partial charge in [-0.3, -0.25) is 0 Å². The molecule has 1 aromatic heterocycles. The van der Waals surface area contributed by atoms with Crippen LogP contribution in [0.15, 0.2) is 174 Å². The van der Waals surface area contributed by atoms with Crippen molar-refractivity contribution in [2.45, 2.75) is 0 Å². The zero-order chi connectivity index (χ0) is 47.1. The van der Waals surface area contributed by atoms with Crippen molar-refractivity contribution in [2.75, 3.05) is 0 Å². The average molecular weight is 593 g/mol. The third-order valence-corrected chi connectivity index (χ3v) is 7.65. The van der Waals surface area contributed by atoms with Gasteiger partial charge in [-0.05, 0) is 72.7 Å². The Kier molecular flexibility index (Phi) is 2.90. The molecule has 0 atom stereocenters. The molecule has 0 saturated carbocycles. The summed E-state index contributed by atoms with van der Waals surface area (Å²) in [6, 6.07) is -1.80. The molecule has 0 aliphatic heterocycles. The Hall–Kier alpha value is -5.92. The summed E-state index contributed by atoms with van der Waals surface area (Å²) < 4.78 is 185. The Morgan fingerprint density at radius 1 is 0.400 bits per heavy atom. The van der Waals surface area contributed by atoms with E-state index in [-0.39, 0.29) is 22.1 Å². The maximum Gasteiger partial charge on any atom is 0.143 e. The van der Waals surface area contributed by atoms with Crippen molar-refractivity contribution >= 4 is 43.3 Å². The maximum atomic E-state index is 9.54.